The van der Waals surface area contributed by atoms with Crippen LogP contribution in [0.2, 0.25) is 0 Å². The second kappa shape index (κ2) is 14.7. The molecule has 1 aromatic heterocycles. The molecule has 186 valence electrons. The molecule has 2 bridgehead atoms. The molecule has 5 nitrogen and oxygen atoms in total. The fraction of sp³-hybridized carbons (Fsp3) is 0.467. The van der Waals surface area contributed by atoms with Crippen LogP contribution in [0.3, 0.4) is 0 Å². The van der Waals surface area contributed by atoms with E-state index < -0.39 is 0 Å². The molecule has 0 aliphatic carbocycles. The van der Waals surface area contributed by atoms with Crippen molar-refractivity contribution in [3.63, 3.8) is 0 Å². The molecule has 5 heteroatoms. The van der Waals surface area contributed by atoms with Gasteiger partial charge in [0.05, 0.1) is 5.69 Å². The molecule has 2 aliphatic heterocycles. The molecule has 2 aliphatic rings. The first-order chi connectivity index (χ1) is 17.3. The van der Waals surface area contributed by atoms with Gasteiger partial charge in [0.2, 0.25) is 0 Å². The van der Waals surface area contributed by atoms with Gasteiger partial charge in [0.25, 0.3) is 0 Å². The van der Waals surface area contributed by atoms with Gasteiger partial charge in [-0.05, 0) is 61.1 Å². The molecule has 0 fully saturated rings. The van der Waals surface area contributed by atoms with Crippen molar-refractivity contribution in [1.82, 2.24) is 20.5 Å². The molecule has 0 saturated heterocycles. The Hall–Kier alpha value is -2.60. The highest BCUT2D eigenvalue weighted by Crippen LogP contribution is 2.19. The third kappa shape index (κ3) is 9.52. The Morgan fingerprint density at radius 3 is 2.71 bits per heavy atom. The third-order valence-electron chi connectivity index (χ3n) is 6.73. The van der Waals surface area contributed by atoms with Gasteiger partial charge in [-0.25, -0.2) is 0 Å². The maximum atomic E-state index is 4.58. The number of pyridine rings is 1. The van der Waals surface area contributed by atoms with Crippen LogP contribution in [0.5, 0.6) is 0 Å². The Balaban J connectivity index is 1.31. The number of aliphatic imine (C=N–C) groups is 1. The monoisotopic (exact) mass is 471 g/mol. The normalized spacial score (nSPS) is 21.4. The van der Waals surface area contributed by atoms with Gasteiger partial charge in [-0.1, -0.05) is 55.3 Å². The molecule has 1 unspecified atom stereocenters. The number of allylic oxidation sites excluding steroid dienone is 3. The van der Waals surface area contributed by atoms with Crippen molar-refractivity contribution in [3.8, 4) is 0 Å². The van der Waals surface area contributed by atoms with Gasteiger partial charge in [0.15, 0.2) is 0 Å². The quantitative estimate of drug-likeness (QED) is 0.604. The first kappa shape index (κ1) is 25.5. The summed E-state index contributed by atoms with van der Waals surface area (Å²) in [6.45, 7) is 6.89. The molecule has 0 radical (unpaired) electrons. The standard InChI is InChI=1S/C30H41N5/c1-2-4-7-15-31-17-18-35(25-29-19-28(9-5-3-1)21-32-22-29)24-27-13-11-26(12-14-27)20-33-23-30-10-6-8-16-34-30/h5-6,8-14,16,21-22,29,31,33H,1-4,7,15,17-20,23-25H2/b9-5-. The number of benzene rings is 1. The van der Waals surface area contributed by atoms with Crippen LogP contribution < -0.4 is 10.6 Å². The number of hydrogen-bond acceptors (Lipinski definition) is 5. The van der Waals surface area contributed by atoms with Crippen molar-refractivity contribution in [2.75, 3.05) is 26.2 Å². The first-order valence-corrected chi connectivity index (χ1v) is 13.4. The second-order valence-corrected chi connectivity index (χ2v) is 9.80. The summed E-state index contributed by atoms with van der Waals surface area (Å²) < 4.78 is 0. The first-order valence-electron chi connectivity index (χ1n) is 13.4. The molecule has 2 aromatic rings. The molecular weight excluding hydrogens is 430 g/mol. The highest BCUT2D eigenvalue weighted by atomic mass is 15.1. The summed E-state index contributed by atoms with van der Waals surface area (Å²) >= 11 is 0. The lowest BCUT2D eigenvalue weighted by atomic mass is 9.97. The van der Waals surface area contributed by atoms with Gasteiger partial charge in [0.1, 0.15) is 0 Å². The van der Waals surface area contributed by atoms with Crippen molar-refractivity contribution in [3.05, 3.63) is 89.4 Å². The summed E-state index contributed by atoms with van der Waals surface area (Å²) in [7, 11) is 0. The highest BCUT2D eigenvalue weighted by molar-refractivity contribution is 5.64. The average Bonchev–Trinajstić information content (AvgIpc) is 2.88. The van der Waals surface area contributed by atoms with E-state index in [9.17, 15) is 0 Å². The summed E-state index contributed by atoms with van der Waals surface area (Å²) in [5.74, 6) is 0.475. The number of hydrogen-bond donors (Lipinski definition) is 2. The van der Waals surface area contributed by atoms with Gasteiger partial charge < -0.3 is 10.6 Å². The third-order valence-corrected chi connectivity index (χ3v) is 6.73. The van der Waals surface area contributed by atoms with E-state index in [1.165, 1.54) is 48.8 Å². The van der Waals surface area contributed by atoms with Gasteiger partial charge in [-0.2, -0.15) is 0 Å². The zero-order valence-corrected chi connectivity index (χ0v) is 21.0. The van der Waals surface area contributed by atoms with E-state index in [-0.39, 0.29) is 0 Å². The number of nitrogens with one attached hydrogen (secondary N) is 2. The van der Waals surface area contributed by atoms with Gasteiger partial charge in [0, 0.05) is 63.8 Å². The van der Waals surface area contributed by atoms with Crippen LogP contribution in [0.15, 0.2) is 77.6 Å². The molecule has 35 heavy (non-hydrogen) atoms. The molecule has 4 rings (SSSR count). The number of aromatic nitrogens is 1. The maximum absolute atomic E-state index is 4.58. The Bertz CT molecular complexity index is 948. The van der Waals surface area contributed by atoms with E-state index in [4.69, 9.17) is 0 Å². The van der Waals surface area contributed by atoms with Crippen LogP contribution in [0.1, 0.15) is 55.3 Å². The number of nitrogens with zero attached hydrogens (tertiary/aromatic N) is 3. The predicted octanol–water partition coefficient (Wildman–Crippen LogP) is 5.26. The second-order valence-electron chi connectivity index (χ2n) is 9.80. The van der Waals surface area contributed by atoms with Crippen molar-refractivity contribution >= 4 is 6.21 Å². The van der Waals surface area contributed by atoms with Crippen LogP contribution in [0.4, 0.5) is 0 Å². The summed E-state index contributed by atoms with van der Waals surface area (Å²) in [6, 6.07) is 15.1. The molecule has 3 heterocycles. The minimum Gasteiger partial charge on any atom is -0.315 e. The minimum absolute atomic E-state index is 0.475. The fourth-order valence-electron chi connectivity index (χ4n) is 4.78. The topological polar surface area (TPSA) is 52.6 Å². The van der Waals surface area contributed by atoms with Crippen LogP contribution in [-0.2, 0) is 19.6 Å². The lowest BCUT2D eigenvalue weighted by Gasteiger charge is -2.27. The van der Waals surface area contributed by atoms with Crippen LogP contribution in [0, 0.1) is 5.92 Å². The van der Waals surface area contributed by atoms with Gasteiger partial charge in [-0.15, -0.1) is 0 Å². The Morgan fingerprint density at radius 2 is 1.83 bits per heavy atom. The zero-order valence-electron chi connectivity index (χ0n) is 21.0. The molecular formula is C30H41N5. The molecule has 2 N–H and O–H groups in total. The summed E-state index contributed by atoms with van der Waals surface area (Å²) in [6.07, 6.45) is 18.2. The van der Waals surface area contributed by atoms with E-state index in [0.717, 1.165) is 57.9 Å². The van der Waals surface area contributed by atoms with E-state index in [2.05, 4.69) is 74.2 Å². The minimum atomic E-state index is 0.475. The molecule has 1 atom stereocenters. The Labute approximate surface area is 211 Å². The van der Waals surface area contributed by atoms with Crippen LogP contribution >= 0.6 is 0 Å². The molecule has 0 spiro atoms. The highest BCUT2D eigenvalue weighted by Gasteiger charge is 2.16. The van der Waals surface area contributed by atoms with Crippen molar-refractivity contribution in [1.29, 1.82) is 0 Å². The fourth-order valence-corrected chi connectivity index (χ4v) is 4.78. The maximum Gasteiger partial charge on any atom is 0.0541 e. The largest absolute Gasteiger partial charge is 0.315 e. The van der Waals surface area contributed by atoms with Crippen LogP contribution in [0.25, 0.3) is 0 Å². The van der Waals surface area contributed by atoms with Crippen molar-refractivity contribution < 1.29 is 0 Å². The number of rotatable bonds is 6. The van der Waals surface area contributed by atoms with Crippen LogP contribution in [-0.4, -0.2) is 42.3 Å². The van der Waals surface area contributed by atoms with Crippen molar-refractivity contribution in [2.45, 2.75) is 58.2 Å². The predicted molar refractivity (Wildman–Crippen MR) is 146 cm³/mol. The van der Waals surface area contributed by atoms with E-state index in [0.29, 0.717) is 5.92 Å². The summed E-state index contributed by atoms with van der Waals surface area (Å²) in [5, 5.41) is 7.16. The SMILES string of the molecule is C1=NC=C2/C=C\CCCCCCNCCN(Cc3ccc(CNCc4ccccn4)cc3)CC1C2. The summed E-state index contributed by atoms with van der Waals surface area (Å²) in [4.78, 5) is 11.5. The summed E-state index contributed by atoms with van der Waals surface area (Å²) in [5.41, 5.74) is 5.12. The molecule has 0 amide bonds. The lowest BCUT2D eigenvalue weighted by Crippen LogP contribution is -2.36. The molecule has 0 saturated carbocycles. The van der Waals surface area contributed by atoms with E-state index in [1.807, 2.05) is 24.5 Å². The van der Waals surface area contributed by atoms with Gasteiger partial charge in [-0.3, -0.25) is 14.9 Å². The molecule has 1 aromatic carbocycles. The van der Waals surface area contributed by atoms with E-state index >= 15 is 0 Å². The Kier molecular flexibility index (Phi) is 10.7. The smallest absolute Gasteiger partial charge is 0.0541 e. The van der Waals surface area contributed by atoms with E-state index in [1.54, 1.807) is 0 Å². The number of fused-ring (bicyclic) bond motifs is 2. The average molecular weight is 472 g/mol. The van der Waals surface area contributed by atoms with Crippen molar-refractivity contribution in [2.24, 2.45) is 10.9 Å². The Morgan fingerprint density at radius 1 is 0.943 bits per heavy atom. The van der Waals surface area contributed by atoms with Gasteiger partial charge >= 0.3 is 0 Å². The zero-order chi connectivity index (χ0) is 24.0. The lowest BCUT2D eigenvalue weighted by molar-refractivity contribution is 0.245.